The Morgan fingerprint density at radius 1 is 1.37 bits per heavy atom. The Kier molecular flexibility index (Phi) is 5.18. The molecule has 27 heavy (non-hydrogen) atoms. The van der Waals surface area contributed by atoms with Crippen molar-refractivity contribution >= 4 is 5.91 Å². The summed E-state index contributed by atoms with van der Waals surface area (Å²) in [5.74, 6) is 0.0813. The number of aryl methyl sites for hydroxylation is 1. The molecule has 1 aromatic carbocycles. The normalized spacial score (nSPS) is 25.3. The Morgan fingerprint density at radius 3 is 3.07 bits per heavy atom. The van der Waals surface area contributed by atoms with E-state index in [9.17, 15) is 9.18 Å². The molecule has 2 saturated heterocycles. The molecule has 3 atom stereocenters. The van der Waals surface area contributed by atoms with E-state index >= 15 is 0 Å². The lowest BCUT2D eigenvalue weighted by Gasteiger charge is -2.33. The standard InChI is InChI=1S/C19H23FN4O3/c1-12-9-24-10-13(8-14(24)11-26-12)21-17(25)6-7-18-22-19(23-27-18)15-4-2-3-5-16(15)20/h2-5,12-14H,6-11H2,1H3,(H,21,25)/t12-,13+,14-/m0/s1. The van der Waals surface area contributed by atoms with Gasteiger partial charge >= 0.3 is 0 Å². The maximum Gasteiger partial charge on any atom is 0.227 e. The van der Waals surface area contributed by atoms with Crippen molar-refractivity contribution in [1.82, 2.24) is 20.4 Å². The number of carbonyl (C=O) groups is 1. The van der Waals surface area contributed by atoms with Crippen molar-refractivity contribution < 1.29 is 18.4 Å². The lowest BCUT2D eigenvalue weighted by molar-refractivity contribution is -0.121. The summed E-state index contributed by atoms with van der Waals surface area (Å²) in [6.07, 6.45) is 1.74. The fraction of sp³-hybridized carbons (Fsp3) is 0.526. The van der Waals surface area contributed by atoms with E-state index in [1.54, 1.807) is 18.2 Å². The molecular formula is C19H23FN4O3. The van der Waals surface area contributed by atoms with Crippen molar-refractivity contribution in [2.24, 2.45) is 0 Å². The molecule has 0 bridgehead atoms. The number of rotatable bonds is 5. The number of fused-ring (bicyclic) bond motifs is 1. The monoisotopic (exact) mass is 374 g/mol. The van der Waals surface area contributed by atoms with Crippen LogP contribution in [0.2, 0.25) is 0 Å². The second-order valence-electron chi connectivity index (χ2n) is 7.24. The molecule has 1 amide bonds. The number of nitrogens with zero attached hydrogens (tertiary/aromatic N) is 3. The molecule has 0 saturated carbocycles. The minimum absolute atomic E-state index is 0.0422. The summed E-state index contributed by atoms with van der Waals surface area (Å²) in [6, 6.07) is 6.80. The summed E-state index contributed by atoms with van der Waals surface area (Å²) in [5, 5.41) is 6.89. The largest absolute Gasteiger partial charge is 0.376 e. The smallest absolute Gasteiger partial charge is 0.227 e. The Balaban J connectivity index is 1.27. The van der Waals surface area contributed by atoms with Gasteiger partial charge in [0.1, 0.15) is 5.82 Å². The number of ether oxygens (including phenoxy) is 1. The van der Waals surface area contributed by atoms with Crippen molar-refractivity contribution in [2.45, 2.75) is 44.4 Å². The number of halogens is 1. The number of amides is 1. The number of morpholine rings is 1. The third-order valence-corrected chi connectivity index (χ3v) is 5.11. The second kappa shape index (κ2) is 7.74. The van der Waals surface area contributed by atoms with Gasteiger partial charge in [-0.2, -0.15) is 4.98 Å². The number of carbonyl (C=O) groups excluding carboxylic acids is 1. The van der Waals surface area contributed by atoms with E-state index < -0.39 is 5.82 Å². The minimum Gasteiger partial charge on any atom is -0.376 e. The van der Waals surface area contributed by atoms with Gasteiger partial charge in [-0.1, -0.05) is 17.3 Å². The summed E-state index contributed by atoms with van der Waals surface area (Å²) in [6.45, 7) is 4.58. The average molecular weight is 374 g/mol. The number of hydrogen-bond acceptors (Lipinski definition) is 6. The van der Waals surface area contributed by atoms with Crippen molar-refractivity contribution in [3.05, 3.63) is 36.0 Å². The summed E-state index contributed by atoms with van der Waals surface area (Å²) >= 11 is 0. The summed E-state index contributed by atoms with van der Waals surface area (Å²) in [5.41, 5.74) is 0.288. The van der Waals surface area contributed by atoms with E-state index in [0.29, 0.717) is 18.4 Å². The summed E-state index contributed by atoms with van der Waals surface area (Å²) in [4.78, 5) is 18.8. The molecule has 2 fully saturated rings. The van der Waals surface area contributed by atoms with Gasteiger partial charge in [0.2, 0.25) is 17.6 Å². The van der Waals surface area contributed by atoms with E-state index in [1.165, 1.54) is 6.07 Å². The van der Waals surface area contributed by atoms with Crippen LogP contribution in [0.3, 0.4) is 0 Å². The highest BCUT2D eigenvalue weighted by atomic mass is 19.1. The first-order chi connectivity index (χ1) is 13.1. The van der Waals surface area contributed by atoms with Crippen LogP contribution in [-0.4, -0.2) is 58.8 Å². The van der Waals surface area contributed by atoms with Crippen molar-refractivity contribution in [2.75, 3.05) is 19.7 Å². The van der Waals surface area contributed by atoms with Gasteiger partial charge in [-0.25, -0.2) is 4.39 Å². The van der Waals surface area contributed by atoms with Gasteiger partial charge in [0.15, 0.2) is 0 Å². The topological polar surface area (TPSA) is 80.5 Å². The van der Waals surface area contributed by atoms with E-state index in [1.807, 2.05) is 0 Å². The van der Waals surface area contributed by atoms with Gasteiger partial charge in [0.25, 0.3) is 0 Å². The second-order valence-corrected chi connectivity index (χ2v) is 7.24. The molecule has 2 aliphatic rings. The molecular weight excluding hydrogens is 351 g/mol. The van der Waals surface area contributed by atoms with Gasteiger partial charge < -0.3 is 14.6 Å². The molecule has 0 spiro atoms. The van der Waals surface area contributed by atoms with Crippen molar-refractivity contribution in [3.8, 4) is 11.4 Å². The highest BCUT2D eigenvalue weighted by Gasteiger charge is 2.36. The summed E-state index contributed by atoms with van der Waals surface area (Å²) < 4.78 is 24.6. The van der Waals surface area contributed by atoms with Crippen LogP contribution in [0.4, 0.5) is 4.39 Å². The van der Waals surface area contributed by atoms with Crippen LogP contribution in [0.1, 0.15) is 25.7 Å². The fourth-order valence-electron chi connectivity index (χ4n) is 3.77. The first-order valence-electron chi connectivity index (χ1n) is 9.31. The van der Waals surface area contributed by atoms with Gasteiger partial charge in [-0.3, -0.25) is 9.69 Å². The lowest BCUT2D eigenvalue weighted by Crippen LogP contribution is -2.45. The predicted octanol–water partition coefficient (Wildman–Crippen LogP) is 1.79. The third kappa shape index (κ3) is 4.17. The third-order valence-electron chi connectivity index (χ3n) is 5.11. The molecule has 7 nitrogen and oxygen atoms in total. The minimum atomic E-state index is -0.404. The first-order valence-corrected chi connectivity index (χ1v) is 9.31. The van der Waals surface area contributed by atoms with E-state index in [2.05, 4.69) is 27.3 Å². The highest BCUT2D eigenvalue weighted by Crippen LogP contribution is 2.23. The van der Waals surface area contributed by atoms with Crippen LogP contribution in [0.25, 0.3) is 11.4 Å². The fourth-order valence-corrected chi connectivity index (χ4v) is 3.77. The molecule has 4 rings (SSSR count). The van der Waals surface area contributed by atoms with E-state index in [-0.39, 0.29) is 35.9 Å². The van der Waals surface area contributed by atoms with Gasteiger partial charge in [0.05, 0.1) is 18.3 Å². The zero-order valence-corrected chi connectivity index (χ0v) is 15.2. The Bertz CT molecular complexity index is 812. The molecule has 0 radical (unpaired) electrons. The molecule has 0 aliphatic carbocycles. The van der Waals surface area contributed by atoms with Crippen LogP contribution < -0.4 is 5.32 Å². The van der Waals surface area contributed by atoms with Crippen molar-refractivity contribution in [1.29, 1.82) is 0 Å². The zero-order valence-electron chi connectivity index (χ0n) is 15.2. The number of nitrogens with one attached hydrogen (secondary N) is 1. The van der Waals surface area contributed by atoms with Crippen molar-refractivity contribution in [3.63, 3.8) is 0 Å². The molecule has 8 heteroatoms. The molecule has 3 heterocycles. The van der Waals surface area contributed by atoms with Gasteiger partial charge in [0, 0.05) is 38.0 Å². The van der Waals surface area contributed by atoms with Gasteiger partial charge in [-0.05, 0) is 25.5 Å². The quantitative estimate of drug-likeness (QED) is 0.859. The Hall–Kier alpha value is -2.32. The predicted molar refractivity (Wildman–Crippen MR) is 95.3 cm³/mol. The highest BCUT2D eigenvalue weighted by molar-refractivity contribution is 5.76. The van der Waals surface area contributed by atoms with Crippen LogP contribution >= 0.6 is 0 Å². The van der Waals surface area contributed by atoms with E-state index in [0.717, 1.165) is 26.1 Å². The first kappa shape index (κ1) is 18.1. The maximum atomic E-state index is 13.8. The average Bonchev–Trinajstić information content (AvgIpc) is 3.26. The van der Waals surface area contributed by atoms with Crippen LogP contribution in [0, 0.1) is 5.82 Å². The Labute approximate surface area is 156 Å². The zero-order chi connectivity index (χ0) is 18.8. The molecule has 1 aromatic heterocycles. The number of aromatic nitrogens is 2. The molecule has 0 unspecified atom stereocenters. The molecule has 2 aliphatic heterocycles. The van der Waals surface area contributed by atoms with E-state index in [4.69, 9.17) is 9.26 Å². The molecule has 144 valence electrons. The maximum absolute atomic E-state index is 13.8. The molecule has 2 aromatic rings. The van der Waals surface area contributed by atoms with Crippen LogP contribution in [0.15, 0.2) is 28.8 Å². The Morgan fingerprint density at radius 2 is 2.22 bits per heavy atom. The lowest BCUT2D eigenvalue weighted by atomic mass is 10.1. The molecule has 1 N–H and O–H groups in total. The van der Waals surface area contributed by atoms with Crippen LogP contribution in [0.5, 0.6) is 0 Å². The number of hydrogen-bond donors (Lipinski definition) is 1. The number of benzene rings is 1. The van der Waals surface area contributed by atoms with Crippen LogP contribution in [-0.2, 0) is 16.0 Å². The summed E-state index contributed by atoms with van der Waals surface area (Å²) in [7, 11) is 0. The van der Waals surface area contributed by atoms with Gasteiger partial charge in [-0.15, -0.1) is 0 Å². The SMILES string of the molecule is C[C@H]1CN2C[C@H](NC(=O)CCc3nc(-c4ccccc4F)no3)C[C@H]2CO1.